The highest BCUT2D eigenvalue weighted by Crippen LogP contribution is 2.28. The SMILES string of the molecule is CCN(CC)CCC1Cc2ccccc2C1=O. The van der Waals surface area contributed by atoms with Gasteiger partial charge in [0.25, 0.3) is 0 Å². The number of carbonyl (C=O) groups is 1. The van der Waals surface area contributed by atoms with Gasteiger partial charge in [-0.05, 0) is 38.0 Å². The third kappa shape index (κ3) is 2.58. The molecule has 17 heavy (non-hydrogen) atoms. The summed E-state index contributed by atoms with van der Waals surface area (Å²) in [4.78, 5) is 14.6. The molecular formula is C15H21NO. The molecule has 0 heterocycles. The lowest BCUT2D eigenvalue weighted by molar-refractivity contribution is 0.0922. The third-order valence-corrected chi connectivity index (χ3v) is 3.81. The number of hydrogen-bond donors (Lipinski definition) is 0. The minimum Gasteiger partial charge on any atom is -0.304 e. The standard InChI is InChI=1S/C15H21NO/c1-3-16(4-2)10-9-13-11-12-7-5-6-8-14(12)15(13)17/h5-8,13H,3-4,9-11H2,1-2H3. The highest BCUT2D eigenvalue weighted by atomic mass is 16.1. The largest absolute Gasteiger partial charge is 0.304 e. The van der Waals surface area contributed by atoms with Crippen molar-refractivity contribution in [2.24, 2.45) is 5.92 Å². The van der Waals surface area contributed by atoms with Crippen molar-refractivity contribution in [2.45, 2.75) is 26.7 Å². The molecule has 2 nitrogen and oxygen atoms in total. The predicted molar refractivity (Wildman–Crippen MR) is 70.4 cm³/mol. The van der Waals surface area contributed by atoms with Gasteiger partial charge >= 0.3 is 0 Å². The molecule has 0 fully saturated rings. The van der Waals surface area contributed by atoms with Crippen LogP contribution < -0.4 is 0 Å². The van der Waals surface area contributed by atoms with Gasteiger partial charge in [0, 0.05) is 11.5 Å². The van der Waals surface area contributed by atoms with E-state index in [4.69, 9.17) is 0 Å². The number of hydrogen-bond acceptors (Lipinski definition) is 2. The number of Topliss-reactive ketones (excluding diaryl/α,β-unsaturated/α-hetero) is 1. The molecule has 1 aliphatic carbocycles. The lowest BCUT2D eigenvalue weighted by Crippen LogP contribution is -2.26. The first kappa shape index (κ1) is 12.3. The summed E-state index contributed by atoms with van der Waals surface area (Å²) in [6.07, 6.45) is 1.94. The number of fused-ring (bicyclic) bond motifs is 1. The lowest BCUT2D eigenvalue weighted by Gasteiger charge is -2.19. The Kier molecular flexibility index (Phi) is 3.95. The molecule has 0 aliphatic heterocycles. The first-order valence-electron chi connectivity index (χ1n) is 6.60. The van der Waals surface area contributed by atoms with Crippen molar-refractivity contribution in [3.05, 3.63) is 35.4 Å². The van der Waals surface area contributed by atoms with E-state index in [-0.39, 0.29) is 5.92 Å². The van der Waals surface area contributed by atoms with Gasteiger partial charge in [0.05, 0.1) is 0 Å². The molecule has 0 N–H and O–H groups in total. The van der Waals surface area contributed by atoms with E-state index in [9.17, 15) is 4.79 Å². The van der Waals surface area contributed by atoms with E-state index in [1.807, 2.05) is 18.2 Å². The van der Waals surface area contributed by atoms with E-state index in [0.29, 0.717) is 5.78 Å². The zero-order valence-electron chi connectivity index (χ0n) is 10.8. The summed E-state index contributed by atoms with van der Waals surface area (Å²) < 4.78 is 0. The van der Waals surface area contributed by atoms with Crippen LogP contribution in [0, 0.1) is 5.92 Å². The molecule has 0 saturated carbocycles. The average molecular weight is 231 g/mol. The Morgan fingerprint density at radius 2 is 1.94 bits per heavy atom. The van der Waals surface area contributed by atoms with E-state index in [1.165, 1.54) is 5.56 Å². The van der Waals surface area contributed by atoms with Crippen LogP contribution >= 0.6 is 0 Å². The van der Waals surface area contributed by atoms with Crippen LogP contribution in [-0.2, 0) is 6.42 Å². The van der Waals surface area contributed by atoms with Crippen LogP contribution in [0.2, 0.25) is 0 Å². The molecule has 1 aliphatic rings. The number of benzene rings is 1. The Morgan fingerprint density at radius 1 is 1.24 bits per heavy atom. The highest BCUT2D eigenvalue weighted by molar-refractivity contribution is 6.02. The van der Waals surface area contributed by atoms with E-state index >= 15 is 0 Å². The zero-order chi connectivity index (χ0) is 12.3. The molecule has 0 bridgehead atoms. The second kappa shape index (κ2) is 5.46. The van der Waals surface area contributed by atoms with Gasteiger partial charge < -0.3 is 4.90 Å². The minimum atomic E-state index is 0.216. The summed E-state index contributed by atoms with van der Waals surface area (Å²) in [6.45, 7) is 7.54. The van der Waals surface area contributed by atoms with Crippen molar-refractivity contribution >= 4 is 5.78 Å². The number of rotatable bonds is 5. The molecule has 0 radical (unpaired) electrons. The molecule has 2 heteroatoms. The Hall–Kier alpha value is -1.15. The lowest BCUT2D eigenvalue weighted by atomic mass is 10.0. The van der Waals surface area contributed by atoms with Crippen molar-refractivity contribution < 1.29 is 4.79 Å². The highest BCUT2D eigenvalue weighted by Gasteiger charge is 2.29. The fourth-order valence-corrected chi connectivity index (χ4v) is 2.63. The van der Waals surface area contributed by atoms with Gasteiger partial charge in [-0.15, -0.1) is 0 Å². The van der Waals surface area contributed by atoms with Crippen LogP contribution in [0.1, 0.15) is 36.2 Å². The van der Waals surface area contributed by atoms with Crippen LogP contribution in [0.5, 0.6) is 0 Å². The molecule has 0 amide bonds. The van der Waals surface area contributed by atoms with Crippen LogP contribution in [0.15, 0.2) is 24.3 Å². The van der Waals surface area contributed by atoms with Gasteiger partial charge in [-0.2, -0.15) is 0 Å². The van der Waals surface area contributed by atoms with Gasteiger partial charge in [0.1, 0.15) is 0 Å². The monoisotopic (exact) mass is 231 g/mol. The third-order valence-electron chi connectivity index (χ3n) is 3.81. The Balaban J connectivity index is 1.96. The first-order valence-corrected chi connectivity index (χ1v) is 6.60. The number of ketones is 1. The summed E-state index contributed by atoms with van der Waals surface area (Å²) in [5.74, 6) is 0.570. The normalized spacial score (nSPS) is 18.8. The van der Waals surface area contributed by atoms with Crippen LogP contribution in [0.3, 0.4) is 0 Å². The maximum atomic E-state index is 12.2. The van der Waals surface area contributed by atoms with E-state index in [2.05, 4.69) is 24.8 Å². The Morgan fingerprint density at radius 3 is 2.59 bits per heavy atom. The van der Waals surface area contributed by atoms with Crippen LogP contribution in [0.4, 0.5) is 0 Å². The molecule has 1 aromatic rings. The van der Waals surface area contributed by atoms with Crippen LogP contribution in [-0.4, -0.2) is 30.3 Å². The fraction of sp³-hybridized carbons (Fsp3) is 0.533. The van der Waals surface area contributed by atoms with Gasteiger partial charge in [-0.1, -0.05) is 38.1 Å². The van der Waals surface area contributed by atoms with Crippen molar-refractivity contribution in [1.82, 2.24) is 4.90 Å². The van der Waals surface area contributed by atoms with E-state index in [0.717, 1.165) is 38.0 Å². The Labute approximate surface area is 104 Å². The molecular weight excluding hydrogens is 210 g/mol. The molecule has 1 aromatic carbocycles. The second-order valence-corrected chi connectivity index (χ2v) is 4.74. The molecule has 0 spiro atoms. The number of nitrogens with zero attached hydrogens (tertiary/aromatic N) is 1. The zero-order valence-corrected chi connectivity index (χ0v) is 10.8. The quantitative estimate of drug-likeness (QED) is 0.776. The molecule has 1 atom stereocenters. The Bertz CT molecular complexity index is 396. The maximum Gasteiger partial charge on any atom is 0.166 e. The van der Waals surface area contributed by atoms with Crippen molar-refractivity contribution in [3.63, 3.8) is 0 Å². The summed E-state index contributed by atoms with van der Waals surface area (Å²) >= 11 is 0. The number of carbonyl (C=O) groups excluding carboxylic acids is 1. The van der Waals surface area contributed by atoms with Crippen molar-refractivity contribution in [1.29, 1.82) is 0 Å². The van der Waals surface area contributed by atoms with Gasteiger partial charge in [-0.3, -0.25) is 4.79 Å². The smallest absolute Gasteiger partial charge is 0.166 e. The molecule has 2 rings (SSSR count). The van der Waals surface area contributed by atoms with Crippen molar-refractivity contribution in [3.8, 4) is 0 Å². The second-order valence-electron chi connectivity index (χ2n) is 4.74. The van der Waals surface area contributed by atoms with Gasteiger partial charge in [-0.25, -0.2) is 0 Å². The van der Waals surface area contributed by atoms with E-state index < -0.39 is 0 Å². The van der Waals surface area contributed by atoms with E-state index in [1.54, 1.807) is 0 Å². The summed E-state index contributed by atoms with van der Waals surface area (Å²) in [5.41, 5.74) is 2.19. The van der Waals surface area contributed by atoms with Gasteiger partial charge in [0.2, 0.25) is 0 Å². The topological polar surface area (TPSA) is 20.3 Å². The molecule has 0 saturated heterocycles. The summed E-state index contributed by atoms with van der Waals surface area (Å²) in [5, 5.41) is 0. The van der Waals surface area contributed by atoms with Crippen LogP contribution in [0.25, 0.3) is 0 Å². The maximum absolute atomic E-state index is 12.2. The predicted octanol–water partition coefficient (Wildman–Crippen LogP) is 2.77. The summed E-state index contributed by atoms with van der Waals surface area (Å²) in [6, 6.07) is 8.04. The minimum absolute atomic E-state index is 0.216. The average Bonchev–Trinajstić information content (AvgIpc) is 2.68. The first-order chi connectivity index (χ1) is 8.26. The fourth-order valence-electron chi connectivity index (χ4n) is 2.63. The molecule has 0 aromatic heterocycles. The molecule has 1 unspecified atom stereocenters. The molecule has 92 valence electrons. The van der Waals surface area contributed by atoms with Crippen molar-refractivity contribution in [2.75, 3.05) is 19.6 Å². The summed E-state index contributed by atoms with van der Waals surface area (Å²) in [7, 11) is 0. The van der Waals surface area contributed by atoms with Gasteiger partial charge in [0.15, 0.2) is 5.78 Å².